The van der Waals surface area contributed by atoms with Gasteiger partial charge in [-0.25, -0.2) is 4.39 Å². The van der Waals surface area contributed by atoms with Gasteiger partial charge in [-0.1, -0.05) is 26.2 Å². The molecule has 1 nitrogen and oxygen atoms in total. The summed E-state index contributed by atoms with van der Waals surface area (Å²) in [5.41, 5.74) is 0.534. The molecule has 0 saturated carbocycles. The highest BCUT2D eigenvalue weighted by molar-refractivity contribution is 5.83. The quantitative estimate of drug-likeness (QED) is 0.443. The topological polar surface area (TPSA) is 12.4 Å². The van der Waals surface area contributed by atoms with Crippen LogP contribution in [0.3, 0.4) is 0 Å². The summed E-state index contributed by atoms with van der Waals surface area (Å²) >= 11 is 0. The first-order chi connectivity index (χ1) is 6.02. The molecule has 0 fully saturated rings. The Kier molecular flexibility index (Phi) is 5.93. The summed E-state index contributed by atoms with van der Waals surface area (Å²) in [5, 5.41) is 0. The largest absolute Gasteiger partial charge is 0.286 e. The van der Waals surface area contributed by atoms with E-state index < -0.39 is 6.67 Å². The van der Waals surface area contributed by atoms with Crippen molar-refractivity contribution in [3.63, 3.8) is 0 Å². The first-order valence-corrected chi connectivity index (χ1v) is 5.13. The Morgan fingerprint density at radius 2 is 1.92 bits per heavy atom. The summed E-state index contributed by atoms with van der Waals surface area (Å²) in [6.07, 6.45) is 4.71. The van der Waals surface area contributed by atoms with E-state index in [2.05, 4.69) is 25.8 Å². The zero-order chi connectivity index (χ0) is 10.3. The predicted octanol–water partition coefficient (Wildman–Crippen LogP) is 3.78. The van der Waals surface area contributed by atoms with Crippen LogP contribution in [0.2, 0.25) is 0 Å². The van der Waals surface area contributed by atoms with Crippen LogP contribution in [-0.2, 0) is 0 Å². The van der Waals surface area contributed by atoms with E-state index in [0.29, 0.717) is 5.71 Å². The van der Waals surface area contributed by atoms with Gasteiger partial charge >= 0.3 is 0 Å². The Morgan fingerprint density at radius 1 is 1.31 bits per heavy atom. The van der Waals surface area contributed by atoms with Crippen molar-refractivity contribution in [1.82, 2.24) is 0 Å². The minimum atomic E-state index is -0.419. The standard InChI is InChI=1S/C11H22FN/c1-5-6-7-8-11(3,4)13-10(2)9-12/h5-9H2,1-4H3/b13-10-. The van der Waals surface area contributed by atoms with Crippen molar-refractivity contribution in [2.24, 2.45) is 4.99 Å². The Bertz CT molecular complexity index is 161. The first kappa shape index (κ1) is 12.6. The van der Waals surface area contributed by atoms with Crippen molar-refractivity contribution in [2.75, 3.05) is 6.67 Å². The fourth-order valence-corrected chi connectivity index (χ4v) is 1.41. The van der Waals surface area contributed by atoms with E-state index in [0.717, 1.165) is 6.42 Å². The summed E-state index contributed by atoms with van der Waals surface area (Å²) < 4.78 is 12.2. The van der Waals surface area contributed by atoms with Crippen molar-refractivity contribution >= 4 is 5.71 Å². The lowest BCUT2D eigenvalue weighted by Crippen LogP contribution is -2.19. The van der Waals surface area contributed by atoms with E-state index in [9.17, 15) is 4.39 Å². The molecule has 0 rings (SSSR count). The summed E-state index contributed by atoms with van der Waals surface area (Å²) in [6, 6.07) is 0. The molecule has 78 valence electrons. The molecule has 0 radical (unpaired) electrons. The van der Waals surface area contributed by atoms with Crippen LogP contribution in [-0.4, -0.2) is 17.9 Å². The fourth-order valence-electron chi connectivity index (χ4n) is 1.41. The van der Waals surface area contributed by atoms with E-state index in [4.69, 9.17) is 0 Å². The van der Waals surface area contributed by atoms with Gasteiger partial charge < -0.3 is 0 Å². The monoisotopic (exact) mass is 187 g/mol. The smallest absolute Gasteiger partial charge is 0.127 e. The van der Waals surface area contributed by atoms with Gasteiger partial charge in [-0.3, -0.25) is 4.99 Å². The van der Waals surface area contributed by atoms with E-state index in [-0.39, 0.29) is 5.54 Å². The number of aliphatic imine (C=N–C) groups is 1. The van der Waals surface area contributed by atoms with Crippen molar-refractivity contribution in [1.29, 1.82) is 0 Å². The molecular formula is C11H22FN. The van der Waals surface area contributed by atoms with Crippen LogP contribution < -0.4 is 0 Å². The van der Waals surface area contributed by atoms with E-state index in [1.54, 1.807) is 6.92 Å². The molecule has 0 saturated heterocycles. The maximum atomic E-state index is 12.2. The highest BCUT2D eigenvalue weighted by Gasteiger charge is 2.15. The summed E-state index contributed by atoms with van der Waals surface area (Å²) in [7, 11) is 0. The molecule has 13 heavy (non-hydrogen) atoms. The second kappa shape index (κ2) is 6.11. The normalized spacial score (nSPS) is 13.5. The molecule has 0 aliphatic rings. The molecule has 0 atom stereocenters. The Hall–Kier alpha value is -0.400. The molecule has 0 bridgehead atoms. The number of hydrogen-bond acceptors (Lipinski definition) is 1. The van der Waals surface area contributed by atoms with Gasteiger partial charge in [0.15, 0.2) is 0 Å². The van der Waals surface area contributed by atoms with Crippen molar-refractivity contribution in [3.05, 3.63) is 0 Å². The second-order valence-corrected chi connectivity index (χ2v) is 4.25. The molecule has 0 aromatic carbocycles. The maximum absolute atomic E-state index is 12.2. The lowest BCUT2D eigenvalue weighted by Gasteiger charge is -2.20. The molecule has 2 heteroatoms. The van der Waals surface area contributed by atoms with Crippen LogP contribution in [0.15, 0.2) is 4.99 Å². The minimum Gasteiger partial charge on any atom is -0.286 e. The molecule has 0 aliphatic heterocycles. The number of nitrogens with zero attached hydrogens (tertiary/aromatic N) is 1. The summed E-state index contributed by atoms with van der Waals surface area (Å²) in [5.74, 6) is 0. The van der Waals surface area contributed by atoms with Crippen molar-refractivity contribution < 1.29 is 4.39 Å². The fraction of sp³-hybridized carbons (Fsp3) is 0.909. The molecule has 0 heterocycles. The minimum absolute atomic E-state index is 0.0780. The third kappa shape index (κ3) is 6.73. The maximum Gasteiger partial charge on any atom is 0.127 e. The number of halogens is 1. The number of hydrogen-bond donors (Lipinski definition) is 0. The van der Waals surface area contributed by atoms with Gasteiger partial charge in [0, 0.05) is 5.71 Å². The molecule has 0 unspecified atom stereocenters. The van der Waals surface area contributed by atoms with Gasteiger partial charge in [0.1, 0.15) is 6.67 Å². The highest BCUT2D eigenvalue weighted by atomic mass is 19.1. The van der Waals surface area contributed by atoms with Gasteiger partial charge in [-0.2, -0.15) is 0 Å². The predicted molar refractivity (Wildman–Crippen MR) is 57.3 cm³/mol. The number of alkyl halides is 1. The molecule has 0 spiro atoms. The SMILES string of the molecule is CCCCCC(C)(C)/N=C(/C)CF. The van der Waals surface area contributed by atoms with Crippen LogP contribution in [0.1, 0.15) is 53.4 Å². The zero-order valence-electron chi connectivity index (χ0n) is 9.36. The lowest BCUT2D eigenvalue weighted by molar-refractivity contribution is 0.447. The van der Waals surface area contributed by atoms with Gasteiger partial charge in [0.25, 0.3) is 0 Å². The van der Waals surface area contributed by atoms with Crippen LogP contribution in [0.25, 0.3) is 0 Å². The van der Waals surface area contributed by atoms with Crippen LogP contribution in [0.4, 0.5) is 4.39 Å². The third-order valence-corrected chi connectivity index (χ3v) is 2.08. The lowest BCUT2D eigenvalue weighted by atomic mass is 9.97. The van der Waals surface area contributed by atoms with Gasteiger partial charge in [-0.15, -0.1) is 0 Å². The number of unbranched alkanes of at least 4 members (excludes halogenated alkanes) is 2. The zero-order valence-corrected chi connectivity index (χ0v) is 9.36. The summed E-state index contributed by atoms with van der Waals surface area (Å²) in [6.45, 7) is 7.66. The summed E-state index contributed by atoms with van der Waals surface area (Å²) in [4.78, 5) is 4.34. The average molecular weight is 187 g/mol. The van der Waals surface area contributed by atoms with Crippen LogP contribution in [0.5, 0.6) is 0 Å². The average Bonchev–Trinajstić information content (AvgIpc) is 2.03. The third-order valence-electron chi connectivity index (χ3n) is 2.08. The van der Waals surface area contributed by atoms with Crippen LogP contribution in [0, 0.1) is 0 Å². The second-order valence-electron chi connectivity index (χ2n) is 4.25. The Morgan fingerprint density at radius 3 is 2.38 bits per heavy atom. The Labute approximate surface area is 81.4 Å². The first-order valence-electron chi connectivity index (χ1n) is 5.13. The molecule has 0 N–H and O–H groups in total. The molecular weight excluding hydrogens is 165 g/mol. The molecule has 0 amide bonds. The van der Waals surface area contributed by atoms with Crippen molar-refractivity contribution in [3.8, 4) is 0 Å². The van der Waals surface area contributed by atoms with Gasteiger partial charge in [0.05, 0.1) is 5.54 Å². The van der Waals surface area contributed by atoms with Gasteiger partial charge in [0.2, 0.25) is 0 Å². The molecule has 0 aliphatic carbocycles. The van der Waals surface area contributed by atoms with Crippen molar-refractivity contribution in [2.45, 2.75) is 58.9 Å². The Balaban J connectivity index is 3.92. The van der Waals surface area contributed by atoms with E-state index >= 15 is 0 Å². The van der Waals surface area contributed by atoms with E-state index in [1.165, 1.54) is 19.3 Å². The van der Waals surface area contributed by atoms with Gasteiger partial charge in [-0.05, 0) is 27.2 Å². The molecule has 0 aromatic rings. The molecule has 0 aromatic heterocycles. The highest BCUT2D eigenvalue weighted by Crippen LogP contribution is 2.18. The number of rotatable bonds is 6. The van der Waals surface area contributed by atoms with E-state index in [1.807, 2.05) is 0 Å². The van der Waals surface area contributed by atoms with Crippen LogP contribution >= 0.6 is 0 Å².